The van der Waals surface area contributed by atoms with Gasteiger partial charge in [0.25, 0.3) is 5.91 Å². The van der Waals surface area contributed by atoms with E-state index in [0.29, 0.717) is 43.2 Å². The monoisotopic (exact) mass is 428 g/mol. The molecule has 2 aromatic rings. The summed E-state index contributed by atoms with van der Waals surface area (Å²) in [6.45, 7) is 3.91. The van der Waals surface area contributed by atoms with Crippen LogP contribution in [0.15, 0.2) is 53.4 Å². The topological polar surface area (TPSA) is 103 Å². The first-order chi connectivity index (χ1) is 14.3. The van der Waals surface area contributed by atoms with Gasteiger partial charge in [-0.1, -0.05) is 6.07 Å². The number of nitrogens with zero attached hydrogens (tertiary/aromatic N) is 3. The molecule has 1 atom stereocenters. The Bertz CT molecular complexity index is 1040. The van der Waals surface area contributed by atoms with Crippen molar-refractivity contribution < 1.29 is 17.9 Å². The maximum atomic E-state index is 12.8. The lowest BCUT2D eigenvalue weighted by molar-refractivity contribution is -0.122. The smallest absolute Gasteiger partial charge is 0.265 e. The van der Waals surface area contributed by atoms with Crippen LogP contribution in [0.4, 0.5) is 5.69 Å². The number of carbonyl (C=O) groups excluding carboxylic acids is 1. The van der Waals surface area contributed by atoms with Gasteiger partial charge >= 0.3 is 0 Å². The van der Waals surface area contributed by atoms with E-state index < -0.39 is 16.1 Å². The van der Waals surface area contributed by atoms with Crippen LogP contribution in [0.5, 0.6) is 5.75 Å². The summed E-state index contributed by atoms with van der Waals surface area (Å²) in [6, 6.07) is 14.7. The zero-order valence-corrected chi connectivity index (χ0v) is 17.7. The number of nitriles is 1. The highest BCUT2D eigenvalue weighted by Crippen LogP contribution is 2.20. The molecule has 2 aromatic carbocycles. The quantitative estimate of drug-likeness (QED) is 0.754. The molecule has 158 valence electrons. The third kappa shape index (κ3) is 5.16. The largest absolute Gasteiger partial charge is 0.481 e. The van der Waals surface area contributed by atoms with Crippen LogP contribution >= 0.6 is 0 Å². The Kier molecular flexibility index (Phi) is 6.72. The molecule has 1 N–H and O–H groups in total. The van der Waals surface area contributed by atoms with E-state index in [0.717, 1.165) is 0 Å². The molecule has 30 heavy (non-hydrogen) atoms. The zero-order valence-electron chi connectivity index (χ0n) is 16.9. The molecule has 0 saturated carbocycles. The Morgan fingerprint density at radius 3 is 2.43 bits per heavy atom. The van der Waals surface area contributed by atoms with Crippen molar-refractivity contribution in [1.82, 2.24) is 9.21 Å². The van der Waals surface area contributed by atoms with Crippen molar-refractivity contribution in [2.24, 2.45) is 0 Å². The van der Waals surface area contributed by atoms with E-state index in [1.807, 2.05) is 13.1 Å². The van der Waals surface area contributed by atoms with E-state index >= 15 is 0 Å². The lowest BCUT2D eigenvalue weighted by atomic mass is 10.2. The summed E-state index contributed by atoms with van der Waals surface area (Å²) in [5, 5.41) is 11.7. The number of likely N-dealkylation sites (N-methyl/N-ethyl adjacent to an activating group) is 1. The summed E-state index contributed by atoms with van der Waals surface area (Å²) < 4.78 is 32.6. The number of sulfonamides is 1. The summed E-state index contributed by atoms with van der Waals surface area (Å²) in [4.78, 5) is 14.7. The number of nitrogens with one attached hydrogen (secondary N) is 1. The van der Waals surface area contributed by atoms with Crippen molar-refractivity contribution in [3.8, 4) is 11.8 Å². The summed E-state index contributed by atoms with van der Waals surface area (Å²) in [5.74, 6) is 0.0392. The molecule has 0 bridgehead atoms. The summed E-state index contributed by atoms with van der Waals surface area (Å²) in [7, 11) is -1.59. The van der Waals surface area contributed by atoms with E-state index in [4.69, 9.17) is 10.00 Å². The predicted molar refractivity (Wildman–Crippen MR) is 113 cm³/mol. The molecular formula is C21H24N4O4S. The van der Waals surface area contributed by atoms with Crippen LogP contribution in [0.25, 0.3) is 0 Å². The molecule has 0 radical (unpaired) electrons. The van der Waals surface area contributed by atoms with Gasteiger partial charge in [-0.2, -0.15) is 9.57 Å². The van der Waals surface area contributed by atoms with Gasteiger partial charge in [0.2, 0.25) is 10.0 Å². The Labute approximate surface area is 176 Å². The predicted octanol–water partition coefficient (Wildman–Crippen LogP) is 1.90. The fourth-order valence-corrected chi connectivity index (χ4v) is 4.45. The van der Waals surface area contributed by atoms with Gasteiger partial charge in [0.05, 0.1) is 16.5 Å². The van der Waals surface area contributed by atoms with Gasteiger partial charge in [-0.25, -0.2) is 8.42 Å². The highest BCUT2D eigenvalue weighted by Gasteiger charge is 2.27. The first-order valence-corrected chi connectivity index (χ1v) is 11.0. The highest BCUT2D eigenvalue weighted by molar-refractivity contribution is 7.89. The van der Waals surface area contributed by atoms with E-state index in [2.05, 4.69) is 10.2 Å². The number of piperazine rings is 1. The van der Waals surface area contributed by atoms with E-state index in [-0.39, 0.29) is 10.8 Å². The molecule has 9 heteroatoms. The second kappa shape index (κ2) is 9.26. The Balaban J connectivity index is 1.62. The second-order valence-electron chi connectivity index (χ2n) is 7.12. The van der Waals surface area contributed by atoms with Gasteiger partial charge in [-0.05, 0) is 56.4 Å². The molecular weight excluding hydrogens is 404 g/mol. The molecule has 1 aliphatic heterocycles. The lowest BCUT2D eigenvalue weighted by Gasteiger charge is -2.31. The van der Waals surface area contributed by atoms with E-state index in [1.165, 1.54) is 16.4 Å². The minimum Gasteiger partial charge on any atom is -0.481 e. The number of hydrogen-bond donors (Lipinski definition) is 1. The SMILES string of the molecule is CC(Oc1cccc(C#N)c1)C(=O)Nc1ccc(S(=O)(=O)N2CCN(C)CC2)cc1. The Hall–Kier alpha value is -2.93. The lowest BCUT2D eigenvalue weighted by Crippen LogP contribution is -2.46. The number of anilines is 1. The van der Waals surface area contributed by atoms with Crippen molar-refractivity contribution in [2.75, 3.05) is 38.5 Å². The minimum atomic E-state index is -3.55. The standard InChI is InChI=1S/C21H24N4O4S/c1-16(29-19-5-3-4-17(14-19)15-22)21(26)23-18-6-8-20(9-7-18)30(27,28)25-12-10-24(2)11-13-25/h3-9,14,16H,10-13H2,1-2H3,(H,23,26). The maximum absolute atomic E-state index is 12.8. The van der Waals surface area contributed by atoms with Crippen molar-refractivity contribution in [3.05, 3.63) is 54.1 Å². The van der Waals surface area contributed by atoms with Gasteiger partial charge in [-0.3, -0.25) is 4.79 Å². The molecule has 8 nitrogen and oxygen atoms in total. The molecule has 3 rings (SSSR count). The Morgan fingerprint density at radius 1 is 1.13 bits per heavy atom. The minimum absolute atomic E-state index is 0.197. The van der Waals surface area contributed by atoms with Crippen LogP contribution in [-0.4, -0.2) is 62.9 Å². The molecule has 0 aliphatic carbocycles. The van der Waals surface area contributed by atoms with Gasteiger partial charge in [0.1, 0.15) is 5.75 Å². The van der Waals surface area contributed by atoms with Gasteiger partial charge in [0, 0.05) is 31.9 Å². The van der Waals surface area contributed by atoms with E-state index in [1.54, 1.807) is 43.3 Å². The molecule has 1 heterocycles. The number of benzene rings is 2. The van der Waals surface area contributed by atoms with E-state index in [9.17, 15) is 13.2 Å². The molecule has 0 spiro atoms. The van der Waals surface area contributed by atoms with Crippen molar-refractivity contribution in [1.29, 1.82) is 5.26 Å². The number of carbonyl (C=O) groups is 1. The molecule has 0 aromatic heterocycles. The van der Waals surface area contributed by atoms with Crippen LogP contribution < -0.4 is 10.1 Å². The van der Waals surface area contributed by atoms with Crippen molar-refractivity contribution in [2.45, 2.75) is 17.9 Å². The number of rotatable bonds is 6. The molecule has 1 fully saturated rings. The van der Waals surface area contributed by atoms with Gasteiger partial charge in [0.15, 0.2) is 6.10 Å². The third-order valence-corrected chi connectivity index (χ3v) is 6.78. The highest BCUT2D eigenvalue weighted by atomic mass is 32.2. The summed E-state index contributed by atoms with van der Waals surface area (Å²) in [5.41, 5.74) is 0.913. The average Bonchev–Trinajstić information content (AvgIpc) is 2.74. The number of hydrogen-bond acceptors (Lipinski definition) is 6. The molecule has 1 amide bonds. The van der Waals surface area contributed by atoms with Gasteiger partial charge < -0.3 is 15.0 Å². The zero-order chi connectivity index (χ0) is 21.7. The maximum Gasteiger partial charge on any atom is 0.265 e. The van der Waals surface area contributed by atoms with Crippen molar-refractivity contribution >= 4 is 21.6 Å². The third-order valence-electron chi connectivity index (χ3n) is 4.87. The average molecular weight is 429 g/mol. The van der Waals surface area contributed by atoms with Crippen LogP contribution in [0.1, 0.15) is 12.5 Å². The summed E-state index contributed by atoms with van der Waals surface area (Å²) >= 11 is 0. The van der Waals surface area contributed by atoms with Crippen LogP contribution in [0.3, 0.4) is 0 Å². The number of amides is 1. The van der Waals surface area contributed by atoms with Crippen LogP contribution in [0, 0.1) is 11.3 Å². The van der Waals surface area contributed by atoms with Crippen molar-refractivity contribution in [3.63, 3.8) is 0 Å². The normalized spacial score (nSPS) is 16.4. The second-order valence-corrected chi connectivity index (χ2v) is 9.06. The fraction of sp³-hybridized carbons (Fsp3) is 0.333. The van der Waals surface area contributed by atoms with Crippen LogP contribution in [0.2, 0.25) is 0 Å². The first-order valence-electron chi connectivity index (χ1n) is 9.56. The molecule has 1 aliphatic rings. The molecule has 1 unspecified atom stereocenters. The first kappa shape index (κ1) is 21.8. The van der Waals surface area contributed by atoms with Crippen LogP contribution in [-0.2, 0) is 14.8 Å². The van der Waals surface area contributed by atoms with Gasteiger partial charge in [-0.15, -0.1) is 0 Å². The fourth-order valence-electron chi connectivity index (χ4n) is 3.03. The Morgan fingerprint density at radius 2 is 1.80 bits per heavy atom. The molecule has 1 saturated heterocycles. The number of ether oxygens (including phenoxy) is 1. The summed E-state index contributed by atoms with van der Waals surface area (Å²) in [6.07, 6.45) is -0.798.